The summed E-state index contributed by atoms with van der Waals surface area (Å²) in [6.45, 7) is 2.34. The van der Waals surface area contributed by atoms with Gasteiger partial charge in [0.05, 0.1) is 0 Å². The van der Waals surface area contributed by atoms with Crippen LogP contribution in [0.1, 0.15) is 32.6 Å². The summed E-state index contributed by atoms with van der Waals surface area (Å²) in [7, 11) is 0. The van der Waals surface area contributed by atoms with Gasteiger partial charge in [0.25, 0.3) is 0 Å². The Morgan fingerprint density at radius 2 is 1.88 bits per heavy atom. The Morgan fingerprint density at radius 1 is 1.25 bits per heavy atom. The zero-order chi connectivity index (χ0) is 5.56. The Morgan fingerprint density at radius 3 is 2.25 bits per heavy atom. The number of hydrogen-bond donors (Lipinski definition) is 0. The molecule has 0 N–H and O–H groups in total. The van der Waals surface area contributed by atoms with Crippen LogP contribution in [0.3, 0.4) is 0 Å². The van der Waals surface area contributed by atoms with Crippen LogP contribution in [-0.4, -0.2) is 0 Å². The SMILES string of the molecule is CCC1[C@H]2CCC[C@@H]12. The van der Waals surface area contributed by atoms with Crippen LogP contribution in [0, 0.1) is 17.8 Å². The first-order valence-electron chi connectivity index (χ1n) is 3.93. The molecule has 8 heavy (non-hydrogen) atoms. The number of rotatable bonds is 1. The minimum Gasteiger partial charge on any atom is -0.0651 e. The van der Waals surface area contributed by atoms with E-state index in [2.05, 4.69) is 6.92 Å². The van der Waals surface area contributed by atoms with Gasteiger partial charge in [0, 0.05) is 0 Å². The van der Waals surface area contributed by atoms with Crippen LogP contribution in [-0.2, 0) is 0 Å². The molecule has 0 bridgehead atoms. The van der Waals surface area contributed by atoms with Crippen LogP contribution in [0.15, 0.2) is 0 Å². The molecule has 3 atom stereocenters. The van der Waals surface area contributed by atoms with E-state index in [1.807, 2.05) is 0 Å². The van der Waals surface area contributed by atoms with Gasteiger partial charge in [-0.3, -0.25) is 0 Å². The van der Waals surface area contributed by atoms with Crippen molar-refractivity contribution in [3.8, 4) is 0 Å². The minimum absolute atomic E-state index is 1.17. The molecule has 2 rings (SSSR count). The van der Waals surface area contributed by atoms with Crippen molar-refractivity contribution in [3.05, 3.63) is 0 Å². The average Bonchev–Trinajstić information content (AvgIpc) is 2.22. The third kappa shape index (κ3) is 0.463. The van der Waals surface area contributed by atoms with Crippen LogP contribution < -0.4 is 0 Å². The Balaban J connectivity index is 1.94. The van der Waals surface area contributed by atoms with Gasteiger partial charge in [0.15, 0.2) is 0 Å². The molecule has 0 amide bonds. The van der Waals surface area contributed by atoms with Crippen molar-refractivity contribution < 1.29 is 0 Å². The van der Waals surface area contributed by atoms with Crippen molar-refractivity contribution in [2.75, 3.05) is 0 Å². The first-order chi connectivity index (χ1) is 3.93. The Labute approximate surface area is 51.3 Å². The van der Waals surface area contributed by atoms with Crippen molar-refractivity contribution >= 4 is 0 Å². The highest BCUT2D eigenvalue weighted by molar-refractivity contribution is 4.99. The van der Waals surface area contributed by atoms with E-state index >= 15 is 0 Å². The molecule has 0 aromatic carbocycles. The second-order valence-electron chi connectivity index (χ2n) is 3.33. The highest BCUT2D eigenvalue weighted by atomic mass is 14.6. The van der Waals surface area contributed by atoms with Gasteiger partial charge in [0.2, 0.25) is 0 Å². The number of hydrogen-bond acceptors (Lipinski definition) is 0. The molecular formula is C8H14. The lowest BCUT2D eigenvalue weighted by Gasteiger charge is -1.94. The minimum atomic E-state index is 1.17. The van der Waals surface area contributed by atoms with Crippen molar-refractivity contribution in [3.63, 3.8) is 0 Å². The quantitative estimate of drug-likeness (QED) is 0.486. The van der Waals surface area contributed by atoms with Crippen LogP contribution in [0.25, 0.3) is 0 Å². The first-order valence-corrected chi connectivity index (χ1v) is 3.93. The molecule has 0 aliphatic heterocycles. The summed E-state index contributed by atoms with van der Waals surface area (Å²) in [6.07, 6.45) is 6.10. The second kappa shape index (κ2) is 1.49. The summed E-state index contributed by atoms with van der Waals surface area (Å²) in [4.78, 5) is 0. The molecule has 2 aliphatic rings. The maximum absolute atomic E-state index is 2.34. The van der Waals surface area contributed by atoms with Crippen molar-refractivity contribution in [2.45, 2.75) is 32.6 Å². The van der Waals surface area contributed by atoms with Gasteiger partial charge in [-0.1, -0.05) is 19.8 Å². The lowest BCUT2D eigenvalue weighted by molar-refractivity contribution is 0.575. The third-order valence-electron chi connectivity index (χ3n) is 3.06. The Hall–Kier alpha value is 0. The molecule has 0 saturated heterocycles. The van der Waals surface area contributed by atoms with E-state index < -0.39 is 0 Å². The molecule has 0 heteroatoms. The van der Waals surface area contributed by atoms with E-state index in [0.717, 1.165) is 0 Å². The van der Waals surface area contributed by atoms with E-state index in [-0.39, 0.29) is 0 Å². The zero-order valence-corrected chi connectivity index (χ0v) is 5.56. The first kappa shape index (κ1) is 4.84. The molecule has 0 radical (unpaired) electrons. The molecule has 46 valence electrons. The summed E-state index contributed by atoms with van der Waals surface area (Å²) >= 11 is 0. The average molecular weight is 110 g/mol. The van der Waals surface area contributed by atoms with Gasteiger partial charge >= 0.3 is 0 Å². The van der Waals surface area contributed by atoms with Gasteiger partial charge in [-0.2, -0.15) is 0 Å². The summed E-state index contributed by atoms with van der Waals surface area (Å²) in [5, 5.41) is 0. The van der Waals surface area contributed by atoms with Gasteiger partial charge in [-0.05, 0) is 30.6 Å². The summed E-state index contributed by atoms with van der Waals surface area (Å²) in [5.41, 5.74) is 0. The van der Waals surface area contributed by atoms with Crippen LogP contribution >= 0.6 is 0 Å². The van der Waals surface area contributed by atoms with Crippen LogP contribution in [0.2, 0.25) is 0 Å². The van der Waals surface area contributed by atoms with Gasteiger partial charge in [-0.25, -0.2) is 0 Å². The van der Waals surface area contributed by atoms with Crippen molar-refractivity contribution in [1.29, 1.82) is 0 Å². The topological polar surface area (TPSA) is 0 Å². The summed E-state index contributed by atoms with van der Waals surface area (Å²) < 4.78 is 0. The van der Waals surface area contributed by atoms with Gasteiger partial charge in [0.1, 0.15) is 0 Å². The molecule has 0 heterocycles. The van der Waals surface area contributed by atoms with Crippen LogP contribution in [0.5, 0.6) is 0 Å². The third-order valence-corrected chi connectivity index (χ3v) is 3.06. The fourth-order valence-corrected chi connectivity index (χ4v) is 2.58. The fraction of sp³-hybridized carbons (Fsp3) is 1.00. The molecule has 0 aromatic rings. The number of fused-ring (bicyclic) bond motifs is 1. The molecule has 2 aliphatic carbocycles. The summed E-state index contributed by atoms with van der Waals surface area (Å²) in [6, 6.07) is 0. The van der Waals surface area contributed by atoms with E-state index in [9.17, 15) is 0 Å². The molecular weight excluding hydrogens is 96.1 g/mol. The lowest BCUT2D eigenvalue weighted by Crippen LogP contribution is -1.82. The predicted molar refractivity (Wildman–Crippen MR) is 34.6 cm³/mol. The maximum atomic E-state index is 2.34. The predicted octanol–water partition coefficient (Wildman–Crippen LogP) is 2.44. The molecule has 1 unspecified atom stereocenters. The highest BCUT2D eigenvalue weighted by Gasteiger charge is 2.50. The van der Waals surface area contributed by atoms with E-state index in [1.54, 1.807) is 12.8 Å². The van der Waals surface area contributed by atoms with Gasteiger partial charge in [-0.15, -0.1) is 0 Å². The van der Waals surface area contributed by atoms with E-state index in [1.165, 1.54) is 30.6 Å². The molecule has 2 fully saturated rings. The zero-order valence-electron chi connectivity index (χ0n) is 5.56. The molecule has 0 nitrogen and oxygen atoms in total. The van der Waals surface area contributed by atoms with E-state index in [0.29, 0.717) is 0 Å². The largest absolute Gasteiger partial charge is 0.0651 e. The Bertz CT molecular complexity index is 79.5. The molecule has 0 aromatic heterocycles. The highest BCUT2D eigenvalue weighted by Crippen LogP contribution is 2.58. The van der Waals surface area contributed by atoms with Crippen molar-refractivity contribution in [2.24, 2.45) is 17.8 Å². The van der Waals surface area contributed by atoms with E-state index in [4.69, 9.17) is 0 Å². The molecule has 2 saturated carbocycles. The smallest absolute Gasteiger partial charge is 0.0352 e. The molecule has 0 spiro atoms. The summed E-state index contributed by atoms with van der Waals surface area (Å²) in [5.74, 6) is 3.56. The Kier molecular flexibility index (Phi) is 0.902. The normalized spacial score (nSPS) is 51.4. The maximum Gasteiger partial charge on any atom is -0.0352 e. The second-order valence-corrected chi connectivity index (χ2v) is 3.33. The van der Waals surface area contributed by atoms with Crippen molar-refractivity contribution in [1.82, 2.24) is 0 Å². The standard InChI is InChI=1S/C8H14/c1-2-6-7-4-3-5-8(6)7/h6-8H,2-5H2,1H3/t6?,7-,8+. The fourth-order valence-electron chi connectivity index (χ4n) is 2.58. The van der Waals surface area contributed by atoms with Gasteiger partial charge < -0.3 is 0 Å². The lowest BCUT2D eigenvalue weighted by atomic mass is 10.1. The monoisotopic (exact) mass is 110 g/mol. The van der Waals surface area contributed by atoms with Crippen LogP contribution in [0.4, 0.5) is 0 Å².